The van der Waals surface area contributed by atoms with Gasteiger partial charge in [0.1, 0.15) is 0 Å². The number of aliphatic hydroxyl groups is 1. The first-order valence-corrected chi connectivity index (χ1v) is 12.8. The number of anilines is 2. The van der Waals surface area contributed by atoms with Crippen LogP contribution in [0.25, 0.3) is 0 Å². The third kappa shape index (κ3) is 8.17. The Kier molecular flexibility index (Phi) is 9.01. The van der Waals surface area contributed by atoms with Crippen LogP contribution in [0.15, 0.2) is 33.9 Å². The molecule has 0 fully saturated rings. The van der Waals surface area contributed by atoms with Crippen molar-refractivity contribution in [1.82, 2.24) is 15.0 Å². The Morgan fingerprint density at radius 1 is 1.20 bits per heavy atom. The number of benzene rings is 1. The number of nitrogens with zero attached hydrogens (tertiary/aromatic N) is 3. The van der Waals surface area contributed by atoms with Crippen LogP contribution in [0.2, 0.25) is 0 Å². The minimum atomic E-state index is -3.61. The summed E-state index contributed by atoms with van der Waals surface area (Å²) >= 11 is 4.42. The van der Waals surface area contributed by atoms with E-state index < -0.39 is 10.0 Å². The predicted octanol–water partition coefficient (Wildman–Crippen LogP) is 2.80. The van der Waals surface area contributed by atoms with Crippen molar-refractivity contribution in [1.29, 1.82) is 0 Å². The van der Waals surface area contributed by atoms with Crippen LogP contribution in [0.5, 0.6) is 0 Å². The van der Waals surface area contributed by atoms with Gasteiger partial charge < -0.3 is 10.4 Å². The number of sulfonamides is 1. The number of rotatable bonds is 11. The minimum absolute atomic E-state index is 0.0554. The quantitative estimate of drug-likeness (QED) is 0.303. The highest BCUT2D eigenvalue weighted by Crippen LogP contribution is 2.22. The van der Waals surface area contributed by atoms with E-state index in [4.69, 9.17) is 0 Å². The number of halogens is 1. The molecule has 0 aliphatic rings. The molecule has 1 heterocycles. The third-order valence-electron chi connectivity index (χ3n) is 3.71. The zero-order valence-corrected chi connectivity index (χ0v) is 20.0. The van der Waals surface area contributed by atoms with Gasteiger partial charge in [-0.15, -0.1) is 0 Å². The fourth-order valence-corrected chi connectivity index (χ4v) is 4.17. The molecule has 3 N–H and O–H groups in total. The maximum absolute atomic E-state index is 12.5. The molecule has 0 amide bonds. The molecule has 0 saturated carbocycles. The number of hydrogen-bond donors (Lipinski definition) is 3. The summed E-state index contributed by atoms with van der Waals surface area (Å²) < 4.78 is 26.1. The number of carbonyl (C=O) groups excluding carboxylic acids is 1. The Hall–Kier alpha value is -1.76. The second-order valence-electron chi connectivity index (χ2n) is 6.98. The van der Waals surface area contributed by atoms with E-state index in [1.54, 1.807) is 18.2 Å². The van der Waals surface area contributed by atoms with Gasteiger partial charge in [0.25, 0.3) is 0 Å². The maximum atomic E-state index is 12.5. The lowest BCUT2D eigenvalue weighted by Crippen LogP contribution is -2.27. The van der Waals surface area contributed by atoms with Crippen LogP contribution in [0.3, 0.4) is 0 Å². The van der Waals surface area contributed by atoms with Crippen LogP contribution in [0, 0.1) is 5.92 Å². The zero-order valence-electron chi connectivity index (χ0n) is 16.8. The second-order valence-corrected chi connectivity index (χ2v) is 10.5. The number of nitrogens with one attached hydrogen (secondary N) is 2. The summed E-state index contributed by atoms with van der Waals surface area (Å²) in [6, 6.07) is 6.77. The van der Waals surface area contributed by atoms with Crippen molar-refractivity contribution in [2.75, 3.05) is 28.7 Å². The smallest absolute Gasteiger partial charge is 0.242 e. The van der Waals surface area contributed by atoms with Crippen LogP contribution >= 0.6 is 27.7 Å². The van der Waals surface area contributed by atoms with Gasteiger partial charge in [0.2, 0.25) is 21.9 Å². The monoisotopic (exact) mass is 517 g/mol. The SMILES string of the molecule is CC(C)C[C@H](CO)Nc1nc(NS(C)(=O)=O)nc(SCC(=O)c2ccccc2Br)n1. The lowest BCUT2D eigenvalue weighted by atomic mass is 10.0. The van der Waals surface area contributed by atoms with Crippen molar-refractivity contribution in [2.24, 2.45) is 5.92 Å². The Bertz CT molecular complexity index is 988. The second kappa shape index (κ2) is 11.0. The molecular formula is C18H24BrN5O4S2. The average molecular weight is 518 g/mol. The fourth-order valence-electron chi connectivity index (χ4n) is 2.52. The van der Waals surface area contributed by atoms with Gasteiger partial charge in [-0.3, -0.25) is 9.52 Å². The molecule has 12 heteroatoms. The number of aliphatic hydroxyl groups excluding tert-OH is 1. The molecule has 0 saturated heterocycles. The van der Waals surface area contributed by atoms with Crippen molar-refractivity contribution < 1.29 is 18.3 Å². The van der Waals surface area contributed by atoms with E-state index in [9.17, 15) is 18.3 Å². The highest BCUT2D eigenvalue weighted by molar-refractivity contribution is 9.10. The molecule has 2 aromatic rings. The first-order chi connectivity index (χ1) is 14.1. The van der Waals surface area contributed by atoms with Crippen LogP contribution in [-0.4, -0.2) is 58.9 Å². The Balaban J connectivity index is 2.23. The summed E-state index contributed by atoms with van der Waals surface area (Å²) in [6.45, 7) is 3.90. The first-order valence-electron chi connectivity index (χ1n) is 9.09. The molecule has 30 heavy (non-hydrogen) atoms. The standard InChI is InChI=1S/C18H24BrN5O4S2/c1-11(2)8-12(9-25)20-16-21-17(24-30(3,27)28)23-18(22-16)29-10-15(26)13-6-4-5-7-14(13)19/h4-7,11-12,25H,8-10H2,1-3H3,(H2,20,21,22,23,24)/t12-/m1/s1. The van der Waals surface area contributed by atoms with E-state index in [1.165, 1.54) is 0 Å². The van der Waals surface area contributed by atoms with Crippen molar-refractivity contribution in [2.45, 2.75) is 31.5 Å². The van der Waals surface area contributed by atoms with Crippen molar-refractivity contribution in [3.05, 3.63) is 34.3 Å². The number of ketones is 1. The minimum Gasteiger partial charge on any atom is -0.394 e. The van der Waals surface area contributed by atoms with Crippen LogP contribution in [0.4, 0.5) is 11.9 Å². The van der Waals surface area contributed by atoms with E-state index in [-0.39, 0.29) is 41.2 Å². The Morgan fingerprint density at radius 2 is 1.87 bits per heavy atom. The number of aromatic nitrogens is 3. The number of hydrogen-bond acceptors (Lipinski definition) is 9. The highest BCUT2D eigenvalue weighted by Gasteiger charge is 2.17. The molecule has 2 rings (SSSR count). The molecule has 164 valence electrons. The van der Waals surface area contributed by atoms with Gasteiger partial charge in [-0.1, -0.05) is 59.7 Å². The van der Waals surface area contributed by atoms with Gasteiger partial charge in [-0.25, -0.2) is 8.42 Å². The van der Waals surface area contributed by atoms with Crippen LogP contribution in [-0.2, 0) is 10.0 Å². The summed E-state index contributed by atoms with van der Waals surface area (Å²) in [6.07, 6.45) is 1.66. The zero-order chi connectivity index (χ0) is 22.3. The van der Waals surface area contributed by atoms with E-state index in [0.29, 0.717) is 22.4 Å². The van der Waals surface area contributed by atoms with Gasteiger partial charge in [0.15, 0.2) is 10.9 Å². The Morgan fingerprint density at radius 3 is 2.47 bits per heavy atom. The van der Waals surface area contributed by atoms with Crippen molar-refractivity contribution in [3.63, 3.8) is 0 Å². The summed E-state index contributed by atoms with van der Waals surface area (Å²) in [5.74, 6) is 0.201. The third-order valence-corrected chi connectivity index (χ3v) is 5.80. The van der Waals surface area contributed by atoms with E-state index in [2.05, 4.69) is 40.9 Å². The van der Waals surface area contributed by atoms with Gasteiger partial charge in [0.05, 0.1) is 24.7 Å². The molecule has 0 aliphatic heterocycles. The number of thioether (sulfide) groups is 1. The summed E-state index contributed by atoms with van der Waals surface area (Å²) in [7, 11) is -3.61. The average Bonchev–Trinajstić information content (AvgIpc) is 2.64. The molecule has 1 aromatic heterocycles. The topological polar surface area (TPSA) is 134 Å². The van der Waals surface area contributed by atoms with Gasteiger partial charge in [0, 0.05) is 10.0 Å². The number of Topliss-reactive ketones (excluding diaryl/α,β-unsaturated/α-hetero) is 1. The lowest BCUT2D eigenvalue weighted by Gasteiger charge is -2.18. The predicted molar refractivity (Wildman–Crippen MR) is 121 cm³/mol. The normalized spacial score (nSPS) is 12.6. The van der Waals surface area contributed by atoms with Gasteiger partial charge in [-0.2, -0.15) is 15.0 Å². The first kappa shape index (κ1) is 24.5. The molecule has 0 unspecified atom stereocenters. The Labute approximate surface area is 188 Å². The fraction of sp³-hybridized carbons (Fsp3) is 0.444. The van der Waals surface area contributed by atoms with Crippen molar-refractivity contribution in [3.8, 4) is 0 Å². The van der Waals surface area contributed by atoms with Gasteiger partial charge in [-0.05, 0) is 18.4 Å². The van der Waals surface area contributed by atoms with E-state index in [0.717, 1.165) is 18.0 Å². The van der Waals surface area contributed by atoms with E-state index >= 15 is 0 Å². The molecule has 0 spiro atoms. The van der Waals surface area contributed by atoms with Crippen molar-refractivity contribution >= 4 is 55.4 Å². The lowest BCUT2D eigenvalue weighted by molar-refractivity contribution is 0.102. The molecule has 0 aliphatic carbocycles. The number of carbonyl (C=O) groups is 1. The molecule has 1 atom stereocenters. The maximum Gasteiger partial charge on any atom is 0.242 e. The molecule has 9 nitrogen and oxygen atoms in total. The van der Waals surface area contributed by atoms with Gasteiger partial charge >= 0.3 is 0 Å². The van der Waals surface area contributed by atoms with Crippen LogP contribution in [0.1, 0.15) is 30.6 Å². The van der Waals surface area contributed by atoms with E-state index in [1.807, 2.05) is 19.9 Å². The summed E-state index contributed by atoms with van der Waals surface area (Å²) in [5.41, 5.74) is 0.532. The molecular weight excluding hydrogens is 494 g/mol. The molecule has 0 bridgehead atoms. The van der Waals surface area contributed by atoms with Crippen LogP contribution < -0.4 is 10.0 Å². The summed E-state index contributed by atoms with van der Waals surface area (Å²) in [5, 5.41) is 12.8. The largest absolute Gasteiger partial charge is 0.394 e. The highest BCUT2D eigenvalue weighted by atomic mass is 79.9. The summed E-state index contributed by atoms with van der Waals surface area (Å²) in [4.78, 5) is 24.9. The molecule has 0 radical (unpaired) electrons. The molecule has 1 aromatic carbocycles.